The fraction of sp³-hybridized carbons (Fsp3) is 0.750. The minimum Gasteiger partial charge on any atom is -0.480 e. The molecule has 0 aromatic heterocycles. The van der Waals surface area contributed by atoms with Crippen LogP contribution in [0.4, 0.5) is 0 Å². The first-order valence-electron chi connectivity index (χ1n) is 3.74. The zero-order valence-corrected chi connectivity index (χ0v) is 7.59. The smallest absolute Gasteiger partial charge is 0.181 e. The largest absolute Gasteiger partial charge is 0.480 e. The summed E-state index contributed by atoms with van der Waals surface area (Å²) in [6.07, 6.45) is 0. The van der Waals surface area contributed by atoms with E-state index >= 15 is 0 Å². The zero-order valence-electron chi connectivity index (χ0n) is 7.59. The molecule has 0 aliphatic heterocycles. The van der Waals surface area contributed by atoms with Gasteiger partial charge in [-0.3, -0.25) is 0 Å². The second-order valence-electron chi connectivity index (χ2n) is 2.24. The highest BCUT2D eigenvalue weighted by atomic mass is 16.5. The van der Waals surface area contributed by atoms with Gasteiger partial charge in [-0.25, -0.2) is 0 Å². The summed E-state index contributed by atoms with van der Waals surface area (Å²) in [7, 11) is 3.61. The van der Waals surface area contributed by atoms with Gasteiger partial charge in [0.1, 0.15) is 0 Å². The average molecular weight is 159 g/mol. The first-order valence-corrected chi connectivity index (χ1v) is 3.74. The van der Waals surface area contributed by atoms with Crippen LogP contribution in [0.3, 0.4) is 0 Å². The van der Waals surface area contributed by atoms with Crippen LogP contribution in [0, 0.1) is 0 Å². The number of methoxy groups -OCH3 is 1. The maximum atomic E-state index is 5.18. The Balaban J connectivity index is 3.46. The Hall–Kier alpha value is -0.700. The van der Waals surface area contributed by atoms with Gasteiger partial charge in [0.05, 0.1) is 13.2 Å². The summed E-state index contributed by atoms with van der Waals surface area (Å²) in [4.78, 5) is 1.92. The number of hydrogen-bond donors (Lipinski definition) is 0. The third-order valence-corrected chi connectivity index (χ3v) is 1.37. The second-order valence-corrected chi connectivity index (χ2v) is 2.24. The molecule has 0 rings (SSSR count). The van der Waals surface area contributed by atoms with E-state index in [0.29, 0.717) is 19.1 Å². The van der Waals surface area contributed by atoms with Crippen LogP contribution >= 0.6 is 0 Å². The number of nitrogens with zero attached hydrogens (tertiary/aromatic N) is 1. The Labute approximate surface area is 68.6 Å². The molecule has 0 saturated carbocycles. The molecular formula is C8H17NO2. The molecule has 0 N–H and O–H groups in total. The molecule has 11 heavy (non-hydrogen) atoms. The van der Waals surface area contributed by atoms with Crippen molar-refractivity contribution in [3.8, 4) is 0 Å². The molecule has 0 amide bonds. The predicted octanol–water partition coefficient (Wildman–Crippen LogP) is 1.07. The minimum atomic E-state index is 0.663. The summed E-state index contributed by atoms with van der Waals surface area (Å²) < 4.78 is 10.1. The maximum Gasteiger partial charge on any atom is 0.181 e. The van der Waals surface area contributed by atoms with Crippen molar-refractivity contribution in [1.29, 1.82) is 0 Å². The van der Waals surface area contributed by atoms with Gasteiger partial charge in [0, 0.05) is 20.7 Å². The first-order chi connectivity index (χ1) is 5.22. The lowest BCUT2D eigenvalue weighted by atomic mass is 10.6. The molecule has 0 aromatic rings. The van der Waals surface area contributed by atoms with E-state index in [0.717, 1.165) is 6.54 Å². The summed E-state index contributed by atoms with van der Waals surface area (Å²) in [6, 6.07) is 0. The monoisotopic (exact) mass is 159 g/mol. The van der Waals surface area contributed by atoms with Gasteiger partial charge in [-0.1, -0.05) is 0 Å². The third-order valence-electron chi connectivity index (χ3n) is 1.37. The lowest BCUT2D eigenvalue weighted by molar-refractivity contribution is 0.109. The van der Waals surface area contributed by atoms with Crippen LogP contribution in [0.25, 0.3) is 0 Å². The highest BCUT2D eigenvalue weighted by Crippen LogP contribution is 1.98. The number of ether oxygens (including phenoxy) is 2. The molecule has 0 fully saturated rings. The summed E-state index contributed by atoms with van der Waals surface area (Å²) in [5, 5.41) is 0. The molecule has 0 atom stereocenters. The summed E-state index contributed by atoms with van der Waals surface area (Å²) in [6.45, 7) is 7.86. The molecule has 0 aliphatic rings. The van der Waals surface area contributed by atoms with E-state index in [1.807, 2.05) is 18.9 Å². The molecule has 0 radical (unpaired) electrons. The Morgan fingerprint density at radius 3 is 2.64 bits per heavy atom. The van der Waals surface area contributed by atoms with Crippen LogP contribution < -0.4 is 0 Å². The van der Waals surface area contributed by atoms with Crippen molar-refractivity contribution in [3.63, 3.8) is 0 Å². The summed E-state index contributed by atoms with van der Waals surface area (Å²) in [5.41, 5.74) is 0. The topological polar surface area (TPSA) is 21.7 Å². The molecule has 0 saturated heterocycles. The van der Waals surface area contributed by atoms with E-state index in [1.165, 1.54) is 0 Å². The predicted molar refractivity (Wildman–Crippen MR) is 45.3 cm³/mol. The van der Waals surface area contributed by atoms with Crippen molar-refractivity contribution in [2.75, 3.05) is 33.9 Å². The molecule has 0 aromatic carbocycles. The summed E-state index contributed by atoms with van der Waals surface area (Å²) in [5.74, 6) is 0.699. The lowest BCUT2D eigenvalue weighted by Crippen LogP contribution is -2.23. The molecule has 0 unspecified atom stereocenters. The van der Waals surface area contributed by atoms with Crippen LogP contribution in [0.15, 0.2) is 12.5 Å². The van der Waals surface area contributed by atoms with Gasteiger partial charge in [-0.2, -0.15) is 0 Å². The van der Waals surface area contributed by atoms with Gasteiger partial charge < -0.3 is 14.4 Å². The van der Waals surface area contributed by atoms with Gasteiger partial charge in [0.15, 0.2) is 5.88 Å². The van der Waals surface area contributed by atoms with E-state index in [1.54, 1.807) is 7.11 Å². The number of likely N-dealkylation sites (N-methyl/N-ethyl adjacent to an activating group) is 1. The minimum absolute atomic E-state index is 0.663. The quantitative estimate of drug-likeness (QED) is 0.541. The van der Waals surface area contributed by atoms with E-state index in [4.69, 9.17) is 9.47 Å². The van der Waals surface area contributed by atoms with Gasteiger partial charge in [0.2, 0.25) is 0 Å². The maximum absolute atomic E-state index is 5.18. The van der Waals surface area contributed by atoms with E-state index in [9.17, 15) is 0 Å². The first kappa shape index (κ1) is 10.3. The van der Waals surface area contributed by atoms with E-state index < -0.39 is 0 Å². The van der Waals surface area contributed by atoms with Crippen molar-refractivity contribution in [2.24, 2.45) is 0 Å². The Morgan fingerprint density at radius 1 is 1.55 bits per heavy atom. The van der Waals surface area contributed by atoms with Crippen molar-refractivity contribution in [1.82, 2.24) is 4.90 Å². The van der Waals surface area contributed by atoms with Crippen LogP contribution in [-0.4, -0.2) is 38.8 Å². The molecule has 0 aliphatic carbocycles. The van der Waals surface area contributed by atoms with Crippen LogP contribution in [0.5, 0.6) is 0 Å². The van der Waals surface area contributed by atoms with Crippen molar-refractivity contribution < 1.29 is 9.47 Å². The highest BCUT2D eigenvalue weighted by Gasteiger charge is 1.99. The summed E-state index contributed by atoms with van der Waals surface area (Å²) >= 11 is 0. The average Bonchev–Trinajstić information content (AvgIpc) is 2.00. The van der Waals surface area contributed by atoms with Crippen molar-refractivity contribution in [2.45, 2.75) is 6.92 Å². The standard InChI is InChI=1S/C8H17NO2/c1-5-11-8(2)9(3)6-7-10-4/h2,5-7H2,1,3-4H3. The fourth-order valence-electron chi connectivity index (χ4n) is 0.630. The van der Waals surface area contributed by atoms with E-state index in [2.05, 4.69) is 6.58 Å². The SMILES string of the molecule is C=C(OCC)N(C)CCOC. The van der Waals surface area contributed by atoms with Gasteiger partial charge in [0.25, 0.3) is 0 Å². The van der Waals surface area contributed by atoms with Crippen LogP contribution in [-0.2, 0) is 9.47 Å². The van der Waals surface area contributed by atoms with Gasteiger partial charge >= 0.3 is 0 Å². The van der Waals surface area contributed by atoms with Crippen molar-refractivity contribution in [3.05, 3.63) is 12.5 Å². The van der Waals surface area contributed by atoms with Gasteiger partial charge in [-0.05, 0) is 13.5 Å². The fourth-order valence-corrected chi connectivity index (χ4v) is 0.630. The third kappa shape index (κ3) is 4.67. The Bertz CT molecular complexity index is 115. The molecule has 3 heteroatoms. The van der Waals surface area contributed by atoms with Crippen LogP contribution in [0.1, 0.15) is 6.92 Å². The van der Waals surface area contributed by atoms with E-state index in [-0.39, 0.29) is 0 Å². The number of hydrogen-bond acceptors (Lipinski definition) is 3. The lowest BCUT2D eigenvalue weighted by Gasteiger charge is -2.20. The Kier molecular flexibility index (Phi) is 5.65. The molecule has 0 spiro atoms. The molecule has 0 bridgehead atoms. The molecule has 0 heterocycles. The zero-order chi connectivity index (χ0) is 8.69. The second kappa shape index (κ2) is 6.04. The number of rotatable bonds is 6. The molecular weight excluding hydrogens is 142 g/mol. The van der Waals surface area contributed by atoms with Crippen molar-refractivity contribution >= 4 is 0 Å². The highest BCUT2D eigenvalue weighted by molar-refractivity contribution is 4.80. The van der Waals surface area contributed by atoms with Gasteiger partial charge in [-0.15, -0.1) is 0 Å². The molecule has 3 nitrogen and oxygen atoms in total. The molecule has 66 valence electrons. The van der Waals surface area contributed by atoms with Crippen LogP contribution in [0.2, 0.25) is 0 Å². The normalized spacial score (nSPS) is 9.36. The Morgan fingerprint density at radius 2 is 2.18 bits per heavy atom.